The smallest absolute Gasteiger partial charge is 0.317 e. The Bertz CT molecular complexity index is 769. The zero-order valence-electron chi connectivity index (χ0n) is 16.8. The summed E-state index contributed by atoms with van der Waals surface area (Å²) in [5.74, 6) is 5.44. The summed E-state index contributed by atoms with van der Waals surface area (Å²) in [5.41, 5.74) is 1.26. The number of nitrogens with one attached hydrogen (secondary N) is 1. The van der Waals surface area contributed by atoms with Gasteiger partial charge in [-0.1, -0.05) is 18.8 Å². The Labute approximate surface area is 176 Å². The van der Waals surface area contributed by atoms with E-state index in [1.165, 1.54) is 6.20 Å². The van der Waals surface area contributed by atoms with Crippen molar-refractivity contribution in [3.05, 3.63) is 35.9 Å². The van der Waals surface area contributed by atoms with Gasteiger partial charge in [0.25, 0.3) is 0 Å². The summed E-state index contributed by atoms with van der Waals surface area (Å²) in [4.78, 5) is 19.9. The lowest BCUT2D eigenvalue weighted by Crippen LogP contribution is -2.53. The summed E-state index contributed by atoms with van der Waals surface area (Å²) in [7, 11) is 0. The van der Waals surface area contributed by atoms with E-state index in [-0.39, 0.29) is 30.2 Å². The van der Waals surface area contributed by atoms with E-state index in [0.29, 0.717) is 38.3 Å². The fourth-order valence-corrected chi connectivity index (χ4v) is 3.19. The van der Waals surface area contributed by atoms with E-state index < -0.39 is 6.17 Å². The topological polar surface area (TPSA) is 48.5 Å². The molecule has 1 aliphatic heterocycles. The van der Waals surface area contributed by atoms with Crippen molar-refractivity contribution < 1.29 is 13.6 Å². The van der Waals surface area contributed by atoms with Crippen molar-refractivity contribution in [3.63, 3.8) is 0 Å². The number of rotatable bonds is 6. The van der Waals surface area contributed by atoms with Gasteiger partial charge in [0.2, 0.25) is 0 Å². The molecule has 2 rings (SSSR count). The highest BCUT2D eigenvalue weighted by atomic mass is 35.5. The Morgan fingerprint density at radius 2 is 2.14 bits per heavy atom. The zero-order valence-corrected chi connectivity index (χ0v) is 17.6. The number of aromatic nitrogens is 1. The van der Waals surface area contributed by atoms with Crippen molar-refractivity contribution >= 4 is 23.3 Å². The predicted molar refractivity (Wildman–Crippen MR) is 112 cm³/mol. The number of anilines is 1. The maximum absolute atomic E-state index is 13.9. The highest BCUT2D eigenvalue weighted by Gasteiger charge is 2.24. The van der Waals surface area contributed by atoms with Crippen LogP contribution in [0.4, 0.5) is 19.3 Å². The molecule has 2 atom stereocenters. The number of piperazine rings is 1. The van der Waals surface area contributed by atoms with E-state index in [2.05, 4.69) is 22.1 Å². The van der Waals surface area contributed by atoms with Gasteiger partial charge in [-0.3, -0.25) is 4.98 Å². The van der Waals surface area contributed by atoms with Crippen LogP contribution in [0.1, 0.15) is 26.7 Å². The van der Waals surface area contributed by atoms with Crippen LogP contribution in [0.3, 0.4) is 0 Å². The molecular formula is C21H27ClF2N4O. The summed E-state index contributed by atoms with van der Waals surface area (Å²) in [6, 6.07) is 1.14. The molecule has 158 valence electrons. The molecular weight excluding hydrogens is 398 g/mol. The second-order valence-electron chi connectivity index (χ2n) is 6.86. The average molecular weight is 425 g/mol. The minimum absolute atomic E-state index is 0.186. The van der Waals surface area contributed by atoms with Gasteiger partial charge in [-0.05, 0) is 31.1 Å². The number of hydrogen-bond donors (Lipinski definition) is 1. The number of hydrogen-bond acceptors (Lipinski definition) is 3. The Morgan fingerprint density at radius 1 is 1.41 bits per heavy atom. The van der Waals surface area contributed by atoms with Crippen LogP contribution in [0.2, 0.25) is 0 Å². The second-order valence-corrected chi connectivity index (χ2v) is 7.12. The molecule has 8 heteroatoms. The fourth-order valence-electron chi connectivity index (χ4n) is 2.88. The highest BCUT2D eigenvalue weighted by Crippen LogP contribution is 2.19. The molecule has 1 saturated heterocycles. The van der Waals surface area contributed by atoms with Gasteiger partial charge in [-0.15, -0.1) is 11.6 Å². The second kappa shape index (κ2) is 11.6. The van der Waals surface area contributed by atoms with Crippen molar-refractivity contribution in [1.29, 1.82) is 0 Å². The molecule has 0 radical (unpaired) electrons. The van der Waals surface area contributed by atoms with Crippen molar-refractivity contribution in [2.75, 3.05) is 37.0 Å². The Hall–Kier alpha value is -2.33. The number of carbonyl (C=O) groups excluding carboxylic acids is 1. The molecule has 5 nitrogen and oxygen atoms in total. The molecule has 2 heterocycles. The van der Waals surface area contributed by atoms with Crippen molar-refractivity contribution in [3.8, 4) is 11.8 Å². The summed E-state index contributed by atoms with van der Waals surface area (Å²) in [6.45, 7) is 5.64. The molecule has 29 heavy (non-hydrogen) atoms. The monoisotopic (exact) mass is 424 g/mol. The van der Waals surface area contributed by atoms with Gasteiger partial charge in [-0.25, -0.2) is 13.6 Å². The standard InChI is InChI=1S/C21H27ClF2N4O/c1-3-18(23)7-5-4-6-17(14-22)16(2)26-21(29)28-12-10-27(11-13-28)20-8-9-25-15-19(20)24/h6,8-9,15-16,18H,3,7,10-14H2,1-2H3,(H,26,29)/b17-6+/t16?,18-/m1/s1. The maximum atomic E-state index is 13.9. The number of amides is 2. The van der Waals surface area contributed by atoms with Crippen molar-refractivity contribution in [2.45, 2.75) is 38.9 Å². The number of alkyl halides is 2. The Balaban J connectivity index is 1.87. The lowest BCUT2D eigenvalue weighted by atomic mass is 10.1. The first-order valence-electron chi connectivity index (χ1n) is 9.73. The third kappa shape index (κ3) is 6.90. The van der Waals surface area contributed by atoms with Gasteiger partial charge in [0.05, 0.1) is 17.9 Å². The molecule has 0 saturated carbocycles. The zero-order chi connectivity index (χ0) is 21.2. The molecule has 1 fully saturated rings. The van der Waals surface area contributed by atoms with E-state index in [1.807, 2.05) is 11.8 Å². The van der Waals surface area contributed by atoms with Crippen LogP contribution in [0.25, 0.3) is 0 Å². The molecule has 1 aliphatic rings. The Morgan fingerprint density at radius 3 is 2.76 bits per heavy atom. The summed E-state index contributed by atoms with van der Waals surface area (Å²) >= 11 is 5.98. The predicted octanol–water partition coefficient (Wildman–Crippen LogP) is 3.75. The van der Waals surface area contributed by atoms with Gasteiger partial charge in [-0.2, -0.15) is 0 Å². The van der Waals surface area contributed by atoms with Crippen molar-refractivity contribution in [1.82, 2.24) is 15.2 Å². The third-order valence-corrected chi connectivity index (χ3v) is 5.14. The summed E-state index contributed by atoms with van der Waals surface area (Å²) in [6.07, 6.45) is 4.09. The van der Waals surface area contributed by atoms with Crippen molar-refractivity contribution in [2.24, 2.45) is 0 Å². The number of halogens is 3. The SMILES string of the molecule is CC[C@@H](F)CC#C/C=C(\CCl)C(C)NC(=O)N1CCN(c2ccncc2F)CC1. The van der Waals surface area contributed by atoms with E-state index >= 15 is 0 Å². The normalized spacial score (nSPS) is 16.7. The number of carbonyl (C=O) groups is 1. The van der Waals surface area contributed by atoms with Crippen LogP contribution in [-0.4, -0.2) is 60.2 Å². The molecule has 1 aromatic rings. The molecule has 0 bridgehead atoms. The largest absolute Gasteiger partial charge is 0.366 e. The highest BCUT2D eigenvalue weighted by molar-refractivity contribution is 6.19. The van der Waals surface area contributed by atoms with Gasteiger partial charge >= 0.3 is 6.03 Å². The number of allylic oxidation sites excluding steroid dienone is 1. The first-order valence-corrected chi connectivity index (χ1v) is 10.3. The molecule has 2 amide bonds. The molecule has 0 aliphatic carbocycles. The summed E-state index contributed by atoms with van der Waals surface area (Å²) < 4.78 is 27.1. The maximum Gasteiger partial charge on any atom is 0.317 e. The first-order chi connectivity index (χ1) is 14.0. The lowest BCUT2D eigenvalue weighted by molar-refractivity contribution is 0.192. The van der Waals surface area contributed by atoms with Gasteiger partial charge in [0, 0.05) is 44.7 Å². The van der Waals surface area contributed by atoms with Gasteiger partial charge in [0.1, 0.15) is 6.17 Å². The average Bonchev–Trinajstić information content (AvgIpc) is 2.74. The van der Waals surface area contributed by atoms with Gasteiger partial charge in [0.15, 0.2) is 5.82 Å². The van der Waals surface area contributed by atoms with E-state index in [1.54, 1.807) is 30.2 Å². The molecule has 1 unspecified atom stereocenters. The van der Waals surface area contributed by atoms with E-state index in [9.17, 15) is 13.6 Å². The van der Waals surface area contributed by atoms with Gasteiger partial charge < -0.3 is 15.1 Å². The lowest BCUT2D eigenvalue weighted by Gasteiger charge is -2.36. The molecule has 1 aromatic heterocycles. The number of pyridine rings is 1. The van der Waals surface area contributed by atoms with Crippen LogP contribution in [0.15, 0.2) is 30.1 Å². The number of urea groups is 1. The molecule has 0 aromatic carbocycles. The fraction of sp³-hybridized carbons (Fsp3) is 0.524. The van der Waals surface area contributed by atoms with Crippen LogP contribution in [0.5, 0.6) is 0 Å². The van der Waals surface area contributed by atoms with E-state index in [0.717, 1.165) is 5.57 Å². The first kappa shape index (κ1) is 23.0. The van der Waals surface area contributed by atoms with Crippen LogP contribution in [-0.2, 0) is 0 Å². The minimum Gasteiger partial charge on any atom is -0.366 e. The van der Waals surface area contributed by atoms with Crippen LogP contribution in [0, 0.1) is 17.7 Å². The molecule has 0 spiro atoms. The third-order valence-electron chi connectivity index (χ3n) is 4.84. The molecule has 1 N–H and O–H groups in total. The summed E-state index contributed by atoms with van der Waals surface area (Å²) in [5, 5.41) is 2.92. The van der Waals surface area contributed by atoms with E-state index in [4.69, 9.17) is 11.6 Å². The minimum atomic E-state index is -0.924. The van der Waals surface area contributed by atoms with Crippen LogP contribution >= 0.6 is 11.6 Å². The van der Waals surface area contributed by atoms with Crippen LogP contribution < -0.4 is 10.2 Å². The Kier molecular flexibility index (Phi) is 9.20. The number of nitrogens with zero attached hydrogens (tertiary/aromatic N) is 3. The quantitative estimate of drug-likeness (QED) is 0.559.